The van der Waals surface area contributed by atoms with Crippen LogP contribution in [0.3, 0.4) is 0 Å². The molecule has 1 aliphatic rings. The number of sulfonamides is 1. The molecule has 7 nitrogen and oxygen atoms in total. The van der Waals surface area contributed by atoms with Gasteiger partial charge in [-0.15, -0.1) is 0 Å². The first-order chi connectivity index (χ1) is 12.4. The highest BCUT2D eigenvalue weighted by Gasteiger charge is 2.23. The average Bonchev–Trinajstić information content (AvgIpc) is 2.64. The maximum absolute atomic E-state index is 12.6. The number of benzene rings is 2. The zero-order chi connectivity index (χ0) is 18.7. The van der Waals surface area contributed by atoms with Gasteiger partial charge < -0.3 is 14.8 Å². The van der Waals surface area contributed by atoms with Crippen LogP contribution < -0.4 is 19.1 Å². The van der Waals surface area contributed by atoms with E-state index < -0.39 is 10.0 Å². The minimum absolute atomic E-state index is 0.240. The number of carbonyl (C=O) groups is 1. The van der Waals surface area contributed by atoms with Crippen LogP contribution in [0.1, 0.15) is 10.4 Å². The molecule has 0 aliphatic carbocycles. The number of anilines is 1. The van der Waals surface area contributed by atoms with E-state index in [9.17, 15) is 13.2 Å². The molecule has 1 aliphatic heterocycles. The van der Waals surface area contributed by atoms with Crippen molar-refractivity contribution in [2.45, 2.75) is 6.10 Å². The minimum atomic E-state index is -3.47. The van der Waals surface area contributed by atoms with Crippen molar-refractivity contribution in [2.24, 2.45) is 0 Å². The second-order valence-corrected chi connectivity index (χ2v) is 7.97. The summed E-state index contributed by atoms with van der Waals surface area (Å²) in [6, 6.07) is 13.9. The van der Waals surface area contributed by atoms with Crippen molar-refractivity contribution in [3.63, 3.8) is 0 Å². The molecule has 1 amide bonds. The first kappa shape index (κ1) is 18.1. The lowest BCUT2D eigenvalue weighted by atomic mass is 10.1. The number of amides is 1. The summed E-state index contributed by atoms with van der Waals surface area (Å²) in [6.07, 6.45) is 0.764. The summed E-state index contributed by atoms with van der Waals surface area (Å²) in [6.45, 7) is 0.562. The Morgan fingerprint density at radius 1 is 1.15 bits per heavy atom. The lowest BCUT2D eigenvalue weighted by Crippen LogP contribution is -2.41. The highest BCUT2D eigenvalue weighted by molar-refractivity contribution is 7.92. The van der Waals surface area contributed by atoms with Crippen LogP contribution >= 0.6 is 0 Å². The molecule has 2 aromatic carbocycles. The Morgan fingerprint density at radius 3 is 2.54 bits per heavy atom. The van der Waals surface area contributed by atoms with E-state index in [1.165, 1.54) is 7.05 Å². The van der Waals surface area contributed by atoms with E-state index in [4.69, 9.17) is 9.47 Å². The zero-order valence-electron chi connectivity index (χ0n) is 14.5. The van der Waals surface area contributed by atoms with Gasteiger partial charge in [0.2, 0.25) is 10.0 Å². The molecule has 0 bridgehead atoms. The topological polar surface area (TPSA) is 84.9 Å². The van der Waals surface area contributed by atoms with Crippen molar-refractivity contribution >= 4 is 21.6 Å². The normalized spacial score (nSPS) is 16.0. The number of carbonyl (C=O) groups excluding carboxylic acids is 1. The molecule has 0 saturated carbocycles. The summed E-state index contributed by atoms with van der Waals surface area (Å²) in [5.74, 6) is 0.934. The molecule has 1 atom stereocenters. The third-order valence-electron chi connectivity index (χ3n) is 4.04. The number of nitrogens with zero attached hydrogens (tertiary/aromatic N) is 1. The largest absolute Gasteiger partial charge is 0.486 e. The summed E-state index contributed by atoms with van der Waals surface area (Å²) in [5, 5.41) is 2.78. The standard InChI is InChI=1S/C18H20N2O5S/c1-20(26(2,22)23)15-8-4-3-7-14(15)18(21)19-11-13-12-24-16-9-5-6-10-17(16)25-13/h3-10,13H,11-12H2,1-2H3,(H,19,21)/t13-/m1/s1. The van der Waals surface area contributed by atoms with Crippen LogP contribution in [0.25, 0.3) is 0 Å². The number of para-hydroxylation sites is 3. The Hall–Kier alpha value is -2.74. The molecule has 0 unspecified atom stereocenters. The molecule has 0 saturated heterocycles. The van der Waals surface area contributed by atoms with E-state index >= 15 is 0 Å². The van der Waals surface area contributed by atoms with Crippen molar-refractivity contribution < 1.29 is 22.7 Å². The van der Waals surface area contributed by atoms with Crippen LogP contribution in [0.5, 0.6) is 11.5 Å². The van der Waals surface area contributed by atoms with Crippen molar-refractivity contribution in [3.8, 4) is 11.5 Å². The quantitative estimate of drug-likeness (QED) is 0.858. The number of hydrogen-bond donors (Lipinski definition) is 1. The van der Waals surface area contributed by atoms with Crippen LogP contribution in [0, 0.1) is 0 Å². The van der Waals surface area contributed by atoms with E-state index in [0.29, 0.717) is 23.8 Å². The third kappa shape index (κ3) is 3.91. The monoisotopic (exact) mass is 376 g/mol. The molecule has 0 spiro atoms. The first-order valence-electron chi connectivity index (χ1n) is 8.06. The molecule has 26 heavy (non-hydrogen) atoms. The van der Waals surface area contributed by atoms with E-state index in [1.807, 2.05) is 18.2 Å². The second-order valence-electron chi connectivity index (χ2n) is 5.96. The van der Waals surface area contributed by atoms with Gasteiger partial charge in [-0.1, -0.05) is 24.3 Å². The third-order valence-corrected chi connectivity index (χ3v) is 5.23. The van der Waals surface area contributed by atoms with Gasteiger partial charge in [0.1, 0.15) is 12.7 Å². The van der Waals surface area contributed by atoms with Gasteiger partial charge in [0.25, 0.3) is 5.91 Å². The van der Waals surface area contributed by atoms with Gasteiger partial charge >= 0.3 is 0 Å². The molecule has 8 heteroatoms. The first-order valence-corrected chi connectivity index (χ1v) is 9.90. The van der Waals surface area contributed by atoms with E-state index in [0.717, 1.165) is 10.6 Å². The van der Waals surface area contributed by atoms with Crippen molar-refractivity contribution in [1.29, 1.82) is 0 Å². The van der Waals surface area contributed by atoms with E-state index in [1.54, 1.807) is 30.3 Å². The predicted octanol–water partition coefficient (Wildman–Crippen LogP) is 1.65. The van der Waals surface area contributed by atoms with Crippen LogP contribution in [0.15, 0.2) is 48.5 Å². The van der Waals surface area contributed by atoms with Gasteiger partial charge in [0.15, 0.2) is 11.5 Å². The Kier molecular flexibility index (Phi) is 5.03. The molecule has 138 valence electrons. The minimum Gasteiger partial charge on any atom is -0.486 e. The van der Waals surface area contributed by atoms with Gasteiger partial charge in [-0.25, -0.2) is 8.42 Å². The fourth-order valence-corrected chi connectivity index (χ4v) is 3.10. The molecule has 2 aromatic rings. The summed E-state index contributed by atoms with van der Waals surface area (Å²) in [4.78, 5) is 12.6. The molecule has 0 fully saturated rings. The molecule has 3 rings (SSSR count). The SMILES string of the molecule is CN(c1ccccc1C(=O)NC[C@@H]1COc2ccccc2O1)S(C)(=O)=O. The van der Waals surface area contributed by atoms with Gasteiger partial charge in [-0.05, 0) is 24.3 Å². The Balaban J connectivity index is 1.68. The molecular weight excluding hydrogens is 356 g/mol. The van der Waals surface area contributed by atoms with E-state index in [2.05, 4.69) is 5.32 Å². The van der Waals surface area contributed by atoms with E-state index in [-0.39, 0.29) is 24.1 Å². The van der Waals surface area contributed by atoms with Crippen LogP contribution in [0.2, 0.25) is 0 Å². The number of ether oxygens (including phenoxy) is 2. The second kappa shape index (κ2) is 7.25. The van der Waals surface area contributed by atoms with Crippen molar-refractivity contribution in [3.05, 3.63) is 54.1 Å². The fraction of sp³-hybridized carbons (Fsp3) is 0.278. The number of nitrogens with one attached hydrogen (secondary N) is 1. The van der Waals surface area contributed by atoms with Gasteiger partial charge in [0, 0.05) is 7.05 Å². The fourth-order valence-electron chi connectivity index (χ4n) is 2.58. The van der Waals surface area contributed by atoms with Crippen LogP contribution in [-0.2, 0) is 10.0 Å². The highest BCUT2D eigenvalue weighted by atomic mass is 32.2. The van der Waals surface area contributed by atoms with Crippen LogP contribution in [0.4, 0.5) is 5.69 Å². The molecule has 0 aromatic heterocycles. The summed E-state index contributed by atoms with van der Waals surface area (Å²) in [7, 11) is -2.06. The summed E-state index contributed by atoms with van der Waals surface area (Å²) in [5.41, 5.74) is 0.594. The molecular formula is C18H20N2O5S. The zero-order valence-corrected chi connectivity index (χ0v) is 15.3. The Bertz CT molecular complexity index is 913. The highest BCUT2D eigenvalue weighted by Crippen LogP contribution is 2.30. The van der Waals surface area contributed by atoms with Crippen LogP contribution in [-0.4, -0.2) is 46.9 Å². The predicted molar refractivity (Wildman–Crippen MR) is 98.4 cm³/mol. The maximum atomic E-state index is 12.6. The lowest BCUT2D eigenvalue weighted by Gasteiger charge is -2.26. The number of fused-ring (bicyclic) bond motifs is 1. The van der Waals surface area contributed by atoms with Crippen molar-refractivity contribution in [2.75, 3.05) is 30.8 Å². The van der Waals surface area contributed by atoms with Crippen molar-refractivity contribution in [1.82, 2.24) is 5.32 Å². The average molecular weight is 376 g/mol. The molecule has 0 radical (unpaired) electrons. The molecule has 1 heterocycles. The number of rotatable bonds is 5. The Morgan fingerprint density at radius 2 is 1.81 bits per heavy atom. The summed E-state index contributed by atoms with van der Waals surface area (Å²) < 4.78 is 36.1. The lowest BCUT2D eigenvalue weighted by molar-refractivity contribution is 0.0789. The maximum Gasteiger partial charge on any atom is 0.253 e. The number of hydrogen-bond acceptors (Lipinski definition) is 5. The van der Waals surface area contributed by atoms with Gasteiger partial charge in [-0.3, -0.25) is 9.10 Å². The smallest absolute Gasteiger partial charge is 0.253 e. The Labute approximate surface area is 152 Å². The van der Waals surface area contributed by atoms with Gasteiger partial charge in [-0.2, -0.15) is 0 Å². The summed E-state index contributed by atoms with van der Waals surface area (Å²) >= 11 is 0. The van der Waals surface area contributed by atoms with Gasteiger partial charge in [0.05, 0.1) is 24.1 Å². The molecule has 1 N–H and O–H groups in total.